The molecule has 0 spiro atoms. The van der Waals surface area contributed by atoms with Gasteiger partial charge in [-0.05, 0) is 62.2 Å². The topological polar surface area (TPSA) is 75.7 Å². The molecule has 0 aliphatic heterocycles. The lowest BCUT2D eigenvalue weighted by atomic mass is 9.95. The van der Waals surface area contributed by atoms with Crippen molar-refractivity contribution in [3.8, 4) is 5.75 Å². The minimum absolute atomic E-state index is 0.0552. The van der Waals surface area contributed by atoms with Crippen LogP contribution >= 0.6 is 0 Å². The largest absolute Gasteiger partial charge is 0.494 e. The molecule has 3 rings (SSSR count). The number of carbonyl (C=O) groups excluding carboxylic acids is 1. The molecule has 37 heavy (non-hydrogen) atoms. The summed E-state index contributed by atoms with van der Waals surface area (Å²) >= 11 is 0. The quantitative estimate of drug-likeness (QED) is 0.403. The number of alkyl halides is 6. The van der Waals surface area contributed by atoms with Gasteiger partial charge >= 0.3 is 12.4 Å². The summed E-state index contributed by atoms with van der Waals surface area (Å²) in [6.07, 6.45) is -6.95. The average molecular weight is 553 g/mol. The van der Waals surface area contributed by atoms with Crippen LogP contribution in [-0.2, 0) is 27.2 Å². The molecule has 1 amide bonds. The van der Waals surface area contributed by atoms with E-state index in [2.05, 4.69) is 0 Å². The van der Waals surface area contributed by atoms with Gasteiger partial charge in [0.05, 0.1) is 29.2 Å². The van der Waals surface area contributed by atoms with Gasteiger partial charge in [0.25, 0.3) is 0 Å². The summed E-state index contributed by atoms with van der Waals surface area (Å²) in [4.78, 5) is 12.7. The van der Waals surface area contributed by atoms with Crippen molar-refractivity contribution in [1.82, 2.24) is 4.31 Å². The highest BCUT2D eigenvalue weighted by molar-refractivity contribution is 7.89. The molecule has 2 aromatic carbocycles. The highest BCUT2D eigenvalue weighted by atomic mass is 32.2. The van der Waals surface area contributed by atoms with Gasteiger partial charge in [-0.3, -0.25) is 4.79 Å². The third kappa shape index (κ3) is 7.37. The third-order valence-electron chi connectivity index (χ3n) is 5.89. The normalized spacial score (nSPS) is 15.6. The number of sulfonamides is 1. The van der Waals surface area contributed by atoms with E-state index >= 15 is 0 Å². The van der Waals surface area contributed by atoms with Crippen LogP contribution < -0.4 is 10.1 Å². The number of nitrogens with one attached hydrogen (secondary N) is 1. The van der Waals surface area contributed by atoms with E-state index in [1.807, 2.05) is 5.32 Å². The highest BCUT2D eigenvalue weighted by Gasteiger charge is 2.38. The van der Waals surface area contributed by atoms with Gasteiger partial charge in [0.1, 0.15) is 5.75 Å². The molecule has 1 aliphatic carbocycles. The van der Waals surface area contributed by atoms with Gasteiger partial charge < -0.3 is 10.1 Å². The Morgan fingerprint density at radius 2 is 1.49 bits per heavy atom. The van der Waals surface area contributed by atoms with Gasteiger partial charge in [-0.15, -0.1) is 0 Å². The molecule has 1 N–H and O–H groups in total. The van der Waals surface area contributed by atoms with Crippen LogP contribution in [0.2, 0.25) is 0 Å². The molecular weight excluding hydrogens is 526 g/mol. The molecule has 0 unspecified atom stereocenters. The number of amides is 1. The zero-order chi connectivity index (χ0) is 27.4. The number of hydrogen-bond donors (Lipinski definition) is 1. The van der Waals surface area contributed by atoms with E-state index in [9.17, 15) is 39.6 Å². The molecule has 13 heteroatoms. The van der Waals surface area contributed by atoms with E-state index in [0.717, 1.165) is 10.7 Å². The summed E-state index contributed by atoms with van der Waals surface area (Å²) in [6, 6.07) is 5.68. The summed E-state index contributed by atoms with van der Waals surface area (Å²) in [7, 11) is -4.23. The van der Waals surface area contributed by atoms with E-state index < -0.39 is 57.7 Å². The number of benzene rings is 2. The van der Waals surface area contributed by atoms with Gasteiger partial charge in [-0.1, -0.05) is 19.3 Å². The summed E-state index contributed by atoms with van der Waals surface area (Å²) in [5, 5.41) is 2.02. The zero-order valence-electron chi connectivity index (χ0n) is 19.8. The first-order chi connectivity index (χ1) is 17.2. The fourth-order valence-electron chi connectivity index (χ4n) is 4.16. The van der Waals surface area contributed by atoms with Gasteiger partial charge in [-0.25, -0.2) is 8.42 Å². The van der Waals surface area contributed by atoms with Gasteiger partial charge in [-0.2, -0.15) is 30.6 Å². The first-order valence-electron chi connectivity index (χ1n) is 11.6. The van der Waals surface area contributed by atoms with E-state index in [1.54, 1.807) is 6.92 Å². The van der Waals surface area contributed by atoms with Crippen molar-refractivity contribution in [3.05, 3.63) is 53.6 Å². The number of carbonyl (C=O) groups is 1. The maximum Gasteiger partial charge on any atom is 0.416 e. The van der Waals surface area contributed by atoms with Crippen LogP contribution in [0.1, 0.15) is 50.2 Å². The predicted octanol–water partition coefficient (Wildman–Crippen LogP) is 6.09. The lowest BCUT2D eigenvalue weighted by Gasteiger charge is -2.33. The first kappa shape index (κ1) is 28.8. The van der Waals surface area contributed by atoms with Gasteiger partial charge in [0.15, 0.2) is 0 Å². The molecule has 6 nitrogen and oxygen atoms in total. The molecular formula is C24H26F6N2O4S. The van der Waals surface area contributed by atoms with E-state index in [1.165, 1.54) is 24.3 Å². The van der Waals surface area contributed by atoms with Crippen molar-refractivity contribution in [3.63, 3.8) is 0 Å². The Balaban J connectivity index is 1.90. The van der Waals surface area contributed by atoms with Crippen molar-refractivity contribution in [2.24, 2.45) is 0 Å². The van der Waals surface area contributed by atoms with Crippen LogP contribution in [0.25, 0.3) is 0 Å². The number of ether oxygens (including phenoxy) is 1. The maximum atomic E-state index is 13.5. The maximum absolute atomic E-state index is 13.5. The van der Waals surface area contributed by atoms with Crippen molar-refractivity contribution < 1.29 is 44.3 Å². The van der Waals surface area contributed by atoms with Gasteiger partial charge in [0.2, 0.25) is 15.9 Å². The Bertz CT molecular complexity index is 1160. The second kappa shape index (κ2) is 11.3. The number of halogens is 6. The van der Waals surface area contributed by atoms with Crippen LogP contribution in [0.5, 0.6) is 5.75 Å². The van der Waals surface area contributed by atoms with Gasteiger partial charge in [0, 0.05) is 11.7 Å². The monoisotopic (exact) mass is 552 g/mol. The van der Waals surface area contributed by atoms with Crippen molar-refractivity contribution in [2.45, 2.75) is 62.3 Å². The van der Waals surface area contributed by atoms with E-state index in [4.69, 9.17) is 4.74 Å². The number of hydrogen-bond acceptors (Lipinski definition) is 4. The predicted molar refractivity (Wildman–Crippen MR) is 123 cm³/mol. The molecule has 1 saturated carbocycles. The van der Waals surface area contributed by atoms with Crippen LogP contribution in [0.3, 0.4) is 0 Å². The Hall–Kier alpha value is -2.80. The van der Waals surface area contributed by atoms with Crippen LogP contribution in [-0.4, -0.2) is 37.8 Å². The Morgan fingerprint density at radius 1 is 0.946 bits per heavy atom. The zero-order valence-corrected chi connectivity index (χ0v) is 20.6. The standard InChI is InChI=1S/C24H26F6N2O4S/c1-2-36-20-8-10-21(11-9-20)37(34,35)32(19-6-4-3-5-7-19)15-22(33)31-18-13-16(23(25,26)27)12-17(14-18)24(28,29)30/h8-14,19H,2-7,15H2,1H3,(H,31,33). The van der Waals surface area contributed by atoms with E-state index in [0.29, 0.717) is 50.2 Å². The number of nitrogens with zero attached hydrogens (tertiary/aromatic N) is 1. The van der Waals surface area contributed by atoms with Crippen molar-refractivity contribution in [1.29, 1.82) is 0 Å². The van der Waals surface area contributed by atoms with Crippen LogP contribution in [0.15, 0.2) is 47.4 Å². The van der Waals surface area contributed by atoms with Crippen LogP contribution in [0, 0.1) is 0 Å². The summed E-state index contributed by atoms with van der Waals surface area (Å²) < 4.78 is 112. The Morgan fingerprint density at radius 3 is 1.97 bits per heavy atom. The fraction of sp³-hybridized carbons (Fsp3) is 0.458. The molecule has 0 aromatic heterocycles. The SMILES string of the molecule is CCOc1ccc(S(=O)(=O)N(CC(=O)Nc2cc(C(F)(F)F)cc(C(F)(F)F)c2)C2CCCCC2)cc1. The Kier molecular flexibility index (Phi) is 8.78. The minimum Gasteiger partial charge on any atom is -0.494 e. The molecule has 0 saturated heterocycles. The summed E-state index contributed by atoms with van der Waals surface area (Å²) in [5.74, 6) is -0.624. The molecule has 2 aromatic rings. The second-order valence-electron chi connectivity index (χ2n) is 8.59. The van der Waals surface area contributed by atoms with E-state index in [-0.39, 0.29) is 11.0 Å². The number of rotatable bonds is 8. The highest BCUT2D eigenvalue weighted by Crippen LogP contribution is 2.37. The molecule has 0 bridgehead atoms. The summed E-state index contributed by atoms with van der Waals surface area (Å²) in [6.45, 7) is 1.35. The first-order valence-corrected chi connectivity index (χ1v) is 13.0. The molecule has 0 atom stereocenters. The van der Waals surface area contributed by atoms with Crippen LogP contribution in [0.4, 0.5) is 32.0 Å². The van der Waals surface area contributed by atoms with Crippen molar-refractivity contribution >= 4 is 21.6 Å². The number of anilines is 1. The lowest BCUT2D eigenvalue weighted by Crippen LogP contribution is -2.45. The average Bonchev–Trinajstić information content (AvgIpc) is 2.82. The second-order valence-corrected chi connectivity index (χ2v) is 10.5. The Labute approximate surface area is 210 Å². The minimum atomic E-state index is -5.09. The molecule has 1 aliphatic rings. The fourth-order valence-corrected chi connectivity index (χ4v) is 5.80. The smallest absolute Gasteiger partial charge is 0.416 e. The third-order valence-corrected chi connectivity index (χ3v) is 7.81. The molecule has 1 fully saturated rings. The lowest BCUT2D eigenvalue weighted by molar-refractivity contribution is -0.143. The van der Waals surface area contributed by atoms with Crippen molar-refractivity contribution in [2.75, 3.05) is 18.5 Å². The molecule has 0 heterocycles. The molecule has 0 radical (unpaired) electrons. The summed E-state index contributed by atoms with van der Waals surface area (Å²) in [5.41, 5.74) is -3.93. The molecule has 204 valence electrons.